The van der Waals surface area contributed by atoms with Gasteiger partial charge in [-0.3, -0.25) is 24.2 Å². The molecule has 13 nitrogen and oxygen atoms in total. The van der Waals surface area contributed by atoms with E-state index in [4.69, 9.17) is 22.3 Å². The zero-order valence-electron chi connectivity index (χ0n) is 19.0. The molecular formula is C19H37N7O6. The van der Waals surface area contributed by atoms with E-state index in [1.54, 1.807) is 0 Å². The maximum Gasteiger partial charge on any atom is 0.325 e. The molecule has 184 valence electrons. The number of aliphatic carboxylic acids is 1. The summed E-state index contributed by atoms with van der Waals surface area (Å²) >= 11 is 0. The van der Waals surface area contributed by atoms with Gasteiger partial charge in [-0.15, -0.1) is 0 Å². The number of guanidine groups is 1. The number of carbonyl (C=O) groups excluding carboxylic acids is 3. The number of carboxylic acids is 1. The largest absolute Gasteiger partial charge is 0.480 e. The number of aliphatic hydroxyl groups excluding tert-OH is 1. The Morgan fingerprint density at radius 2 is 1.53 bits per heavy atom. The van der Waals surface area contributed by atoms with Gasteiger partial charge in [-0.05, 0) is 39.0 Å². The first-order chi connectivity index (χ1) is 14.8. The lowest BCUT2D eigenvalue weighted by Crippen LogP contribution is -2.59. The molecule has 0 rings (SSSR count). The van der Waals surface area contributed by atoms with Crippen molar-refractivity contribution in [3.63, 3.8) is 0 Å². The number of aliphatic imine (C=N–C) groups is 1. The molecule has 5 atom stereocenters. The predicted molar refractivity (Wildman–Crippen MR) is 118 cm³/mol. The second-order valence-corrected chi connectivity index (χ2v) is 8.04. The van der Waals surface area contributed by atoms with Gasteiger partial charge in [0.1, 0.15) is 18.1 Å². The first kappa shape index (κ1) is 29.1. The van der Waals surface area contributed by atoms with E-state index in [2.05, 4.69) is 20.9 Å². The third-order valence-corrected chi connectivity index (χ3v) is 4.44. The zero-order valence-corrected chi connectivity index (χ0v) is 19.0. The average molecular weight is 460 g/mol. The van der Waals surface area contributed by atoms with Crippen LogP contribution in [-0.2, 0) is 19.2 Å². The molecule has 5 unspecified atom stereocenters. The quantitative estimate of drug-likeness (QED) is 0.0768. The number of rotatable bonds is 14. The molecule has 0 bridgehead atoms. The zero-order chi connectivity index (χ0) is 25.0. The number of nitrogens with one attached hydrogen (secondary N) is 3. The van der Waals surface area contributed by atoms with Crippen molar-refractivity contribution in [3.8, 4) is 0 Å². The van der Waals surface area contributed by atoms with Crippen LogP contribution in [-0.4, -0.2) is 76.7 Å². The lowest BCUT2D eigenvalue weighted by Gasteiger charge is -2.26. The maximum absolute atomic E-state index is 12.8. The van der Waals surface area contributed by atoms with E-state index in [0.29, 0.717) is 13.0 Å². The van der Waals surface area contributed by atoms with Crippen LogP contribution in [0.3, 0.4) is 0 Å². The summed E-state index contributed by atoms with van der Waals surface area (Å²) in [6.07, 6.45) is -0.324. The molecule has 11 N–H and O–H groups in total. The Labute approximate surface area is 187 Å². The molecule has 0 aromatic heterocycles. The van der Waals surface area contributed by atoms with E-state index in [0.717, 1.165) is 0 Å². The van der Waals surface area contributed by atoms with Gasteiger partial charge in [0, 0.05) is 6.54 Å². The molecule has 0 heterocycles. The number of hydrogen-bond donors (Lipinski definition) is 8. The third-order valence-electron chi connectivity index (χ3n) is 4.44. The van der Waals surface area contributed by atoms with Crippen LogP contribution in [0.25, 0.3) is 0 Å². The van der Waals surface area contributed by atoms with Gasteiger partial charge in [0.2, 0.25) is 17.7 Å². The fourth-order valence-corrected chi connectivity index (χ4v) is 2.66. The molecule has 0 saturated heterocycles. The van der Waals surface area contributed by atoms with Crippen molar-refractivity contribution in [1.29, 1.82) is 0 Å². The Balaban J connectivity index is 5.17. The summed E-state index contributed by atoms with van der Waals surface area (Å²) in [5.74, 6) is -3.46. The van der Waals surface area contributed by atoms with Crippen molar-refractivity contribution >= 4 is 29.7 Å². The molecule has 32 heavy (non-hydrogen) atoms. The Bertz CT molecular complexity index is 679. The molecule has 0 fully saturated rings. The highest BCUT2D eigenvalue weighted by Gasteiger charge is 2.32. The normalized spacial score (nSPS) is 15.6. The van der Waals surface area contributed by atoms with E-state index in [9.17, 15) is 24.3 Å². The molecule has 3 amide bonds. The summed E-state index contributed by atoms with van der Waals surface area (Å²) in [7, 11) is 0. The van der Waals surface area contributed by atoms with Crippen LogP contribution in [0.2, 0.25) is 0 Å². The summed E-state index contributed by atoms with van der Waals surface area (Å²) in [4.78, 5) is 52.3. The minimum absolute atomic E-state index is 0.00926. The minimum Gasteiger partial charge on any atom is -0.480 e. The van der Waals surface area contributed by atoms with E-state index in [-0.39, 0.29) is 24.7 Å². The second-order valence-electron chi connectivity index (χ2n) is 8.04. The Kier molecular flexibility index (Phi) is 12.9. The standard InChI is InChI=1S/C19H37N7O6/c1-9(2)8-13(25-15(28)12(20)6-5-7-23-19(21)22)16(29)26-14(11(4)27)17(30)24-10(3)18(31)32/h9-14,27H,5-8,20H2,1-4H3,(H,24,30)(H,25,28)(H,26,29)(H,31,32)(H4,21,22,23). The number of carboxylic acid groups (broad SMARTS) is 1. The number of aliphatic hydroxyl groups is 1. The lowest BCUT2D eigenvalue weighted by molar-refractivity contribution is -0.142. The van der Waals surface area contributed by atoms with E-state index in [1.165, 1.54) is 13.8 Å². The van der Waals surface area contributed by atoms with Crippen LogP contribution in [0.5, 0.6) is 0 Å². The van der Waals surface area contributed by atoms with Crippen LogP contribution in [0.15, 0.2) is 4.99 Å². The summed E-state index contributed by atoms with van der Waals surface area (Å²) in [6.45, 7) is 6.51. The van der Waals surface area contributed by atoms with Gasteiger partial charge < -0.3 is 43.4 Å². The fraction of sp³-hybridized carbons (Fsp3) is 0.737. The number of amides is 3. The van der Waals surface area contributed by atoms with Gasteiger partial charge in [0.05, 0.1) is 12.1 Å². The van der Waals surface area contributed by atoms with Crippen LogP contribution in [0.1, 0.15) is 47.0 Å². The van der Waals surface area contributed by atoms with Crippen molar-refractivity contribution < 1.29 is 29.4 Å². The van der Waals surface area contributed by atoms with Gasteiger partial charge in [-0.1, -0.05) is 13.8 Å². The maximum atomic E-state index is 12.8. The molecule has 0 radical (unpaired) electrons. The van der Waals surface area contributed by atoms with Crippen molar-refractivity contribution in [2.75, 3.05) is 6.54 Å². The molecule has 13 heteroatoms. The van der Waals surface area contributed by atoms with Gasteiger partial charge in [0.15, 0.2) is 5.96 Å². The summed E-state index contributed by atoms with van der Waals surface area (Å²) in [5, 5.41) is 26.0. The molecule has 0 aliphatic heterocycles. The molecule has 0 saturated carbocycles. The first-order valence-corrected chi connectivity index (χ1v) is 10.4. The van der Waals surface area contributed by atoms with Gasteiger partial charge in [0.25, 0.3) is 0 Å². The van der Waals surface area contributed by atoms with E-state index >= 15 is 0 Å². The number of nitrogens with two attached hydrogens (primary N) is 3. The number of carbonyl (C=O) groups is 4. The second kappa shape index (κ2) is 14.2. The van der Waals surface area contributed by atoms with Gasteiger partial charge in [-0.2, -0.15) is 0 Å². The molecule has 0 aromatic carbocycles. The Morgan fingerprint density at radius 1 is 0.938 bits per heavy atom. The van der Waals surface area contributed by atoms with Gasteiger partial charge >= 0.3 is 5.97 Å². The molecule has 0 aromatic rings. The Morgan fingerprint density at radius 3 is 2.00 bits per heavy atom. The van der Waals surface area contributed by atoms with Crippen molar-refractivity contribution in [3.05, 3.63) is 0 Å². The summed E-state index contributed by atoms with van der Waals surface area (Å²) in [6, 6.07) is -4.55. The highest BCUT2D eigenvalue weighted by Crippen LogP contribution is 2.07. The van der Waals surface area contributed by atoms with Crippen LogP contribution in [0.4, 0.5) is 0 Å². The Hall–Kier alpha value is -2.93. The number of nitrogens with zero attached hydrogens (tertiary/aromatic N) is 1. The summed E-state index contributed by atoms with van der Waals surface area (Å²) in [5.41, 5.74) is 16.4. The topological polar surface area (TPSA) is 235 Å². The summed E-state index contributed by atoms with van der Waals surface area (Å²) < 4.78 is 0. The van der Waals surface area contributed by atoms with Crippen LogP contribution < -0.4 is 33.2 Å². The fourth-order valence-electron chi connectivity index (χ4n) is 2.66. The highest BCUT2D eigenvalue weighted by atomic mass is 16.4. The molecule has 0 spiro atoms. The number of hydrogen-bond acceptors (Lipinski definition) is 7. The van der Waals surface area contributed by atoms with Crippen molar-refractivity contribution in [2.24, 2.45) is 28.1 Å². The third kappa shape index (κ3) is 11.5. The molecule has 0 aliphatic carbocycles. The smallest absolute Gasteiger partial charge is 0.325 e. The monoisotopic (exact) mass is 459 g/mol. The van der Waals surface area contributed by atoms with E-state index < -0.39 is 54.0 Å². The minimum atomic E-state index is -1.41. The van der Waals surface area contributed by atoms with Gasteiger partial charge in [-0.25, -0.2) is 0 Å². The van der Waals surface area contributed by atoms with Crippen LogP contribution in [0, 0.1) is 5.92 Å². The van der Waals surface area contributed by atoms with E-state index in [1.807, 2.05) is 13.8 Å². The van der Waals surface area contributed by atoms with Crippen molar-refractivity contribution in [1.82, 2.24) is 16.0 Å². The SMILES string of the molecule is CC(C)CC(NC(=O)C(N)CCCN=C(N)N)C(=O)NC(C(=O)NC(C)C(=O)O)C(C)O. The molecule has 0 aliphatic rings. The molecular weight excluding hydrogens is 422 g/mol. The first-order valence-electron chi connectivity index (χ1n) is 10.4. The highest BCUT2D eigenvalue weighted by molar-refractivity contribution is 5.94. The predicted octanol–water partition coefficient (Wildman–Crippen LogP) is -2.65. The van der Waals surface area contributed by atoms with Crippen molar-refractivity contribution in [2.45, 2.75) is 77.2 Å². The van der Waals surface area contributed by atoms with Crippen LogP contribution >= 0.6 is 0 Å². The lowest BCUT2D eigenvalue weighted by atomic mass is 10.0. The average Bonchev–Trinajstić information content (AvgIpc) is 2.67.